The summed E-state index contributed by atoms with van der Waals surface area (Å²) in [5, 5.41) is 3.95. The molecule has 0 aliphatic rings. The van der Waals surface area contributed by atoms with Crippen molar-refractivity contribution in [2.24, 2.45) is 0 Å². The number of carbonyl (C=O) groups excluding carboxylic acids is 1. The molecule has 28 heavy (non-hydrogen) atoms. The molecule has 0 unspecified atom stereocenters. The molecule has 1 aromatic heterocycles. The molecular formula is C19H14ClF3N2O3. The molecule has 0 aliphatic heterocycles. The van der Waals surface area contributed by atoms with Crippen molar-refractivity contribution < 1.29 is 27.4 Å². The Bertz CT molecular complexity index is 1000. The van der Waals surface area contributed by atoms with Crippen molar-refractivity contribution in [2.45, 2.75) is 6.18 Å². The predicted octanol–water partition coefficient (Wildman–Crippen LogP) is 4.76. The van der Waals surface area contributed by atoms with Gasteiger partial charge in [0.05, 0.1) is 23.5 Å². The smallest absolute Gasteiger partial charge is 0.435 e. The molecule has 0 atom stereocenters. The molecule has 5 nitrogen and oxygen atoms in total. The molecule has 0 aliphatic carbocycles. The topological polar surface area (TPSA) is 53.4 Å². The summed E-state index contributed by atoms with van der Waals surface area (Å²) in [6.07, 6.45) is -4.62. The van der Waals surface area contributed by atoms with Crippen molar-refractivity contribution in [3.05, 3.63) is 65.3 Å². The fourth-order valence-corrected chi connectivity index (χ4v) is 2.69. The first-order valence-corrected chi connectivity index (χ1v) is 8.39. The van der Waals surface area contributed by atoms with Crippen LogP contribution < -0.4 is 4.74 Å². The van der Waals surface area contributed by atoms with Gasteiger partial charge in [-0.05, 0) is 30.3 Å². The van der Waals surface area contributed by atoms with E-state index < -0.39 is 17.8 Å². The highest BCUT2D eigenvalue weighted by Gasteiger charge is 2.35. The number of benzene rings is 2. The summed E-state index contributed by atoms with van der Waals surface area (Å²) < 4.78 is 50.7. The van der Waals surface area contributed by atoms with Crippen LogP contribution in [0.25, 0.3) is 16.9 Å². The number of alkyl halides is 3. The third-order valence-electron chi connectivity index (χ3n) is 3.79. The van der Waals surface area contributed by atoms with Crippen LogP contribution in [0, 0.1) is 0 Å². The molecule has 2 aromatic carbocycles. The Morgan fingerprint density at radius 1 is 1.14 bits per heavy atom. The minimum Gasteiger partial charge on any atom is -0.482 e. The van der Waals surface area contributed by atoms with E-state index in [1.165, 1.54) is 13.2 Å². The van der Waals surface area contributed by atoms with Crippen molar-refractivity contribution in [3.8, 4) is 22.7 Å². The van der Waals surface area contributed by atoms with Crippen LogP contribution in [0.15, 0.2) is 54.6 Å². The number of aromatic nitrogens is 2. The lowest BCUT2D eigenvalue weighted by Crippen LogP contribution is -2.12. The summed E-state index contributed by atoms with van der Waals surface area (Å²) in [6.45, 7) is -0.322. The highest BCUT2D eigenvalue weighted by atomic mass is 35.5. The third-order valence-corrected chi connectivity index (χ3v) is 4.11. The quantitative estimate of drug-likeness (QED) is 0.569. The van der Waals surface area contributed by atoms with Gasteiger partial charge in [0.15, 0.2) is 12.3 Å². The maximum absolute atomic E-state index is 13.3. The van der Waals surface area contributed by atoms with Crippen molar-refractivity contribution in [1.82, 2.24) is 9.78 Å². The molecule has 3 aromatic rings. The number of para-hydroxylation sites is 1. The molecule has 0 bridgehead atoms. The zero-order valence-electron chi connectivity index (χ0n) is 14.5. The van der Waals surface area contributed by atoms with Gasteiger partial charge < -0.3 is 9.47 Å². The van der Waals surface area contributed by atoms with E-state index in [0.717, 1.165) is 10.7 Å². The molecule has 0 N–H and O–H groups in total. The Morgan fingerprint density at radius 3 is 2.57 bits per heavy atom. The molecule has 0 fully saturated rings. The Labute approximate surface area is 163 Å². The van der Waals surface area contributed by atoms with E-state index in [2.05, 4.69) is 9.84 Å². The van der Waals surface area contributed by atoms with Gasteiger partial charge in [-0.25, -0.2) is 9.48 Å². The number of halogens is 4. The van der Waals surface area contributed by atoms with Gasteiger partial charge in [0.2, 0.25) is 0 Å². The van der Waals surface area contributed by atoms with Crippen molar-refractivity contribution >= 4 is 17.6 Å². The van der Waals surface area contributed by atoms with E-state index >= 15 is 0 Å². The lowest BCUT2D eigenvalue weighted by molar-refractivity contribution is -0.143. The van der Waals surface area contributed by atoms with Gasteiger partial charge in [-0.1, -0.05) is 35.9 Å². The SMILES string of the molecule is COC(=O)COc1cccc(-c2cc(C(F)(F)F)nn2-c2ccccc2Cl)c1. The second-order valence-electron chi connectivity index (χ2n) is 5.67. The Morgan fingerprint density at radius 2 is 1.89 bits per heavy atom. The summed E-state index contributed by atoms with van der Waals surface area (Å²) in [4.78, 5) is 11.2. The van der Waals surface area contributed by atoms with Gasteiger partial charge >= 0.3 is 12.1 Å². The average molecular weight is 411 g/mol. The Balaban J connectivity index is 2.07. The number of rotatable bonds is 5. The van der Waals surface area contributed by atoms with Crippen molar-refractivity contribution in [2.75, 3.05) is 13.7 Å². The maximum Gasteiger partial charge on any atom is 0.435 e. The van der Waals surface area contributed by atoms with E-state index in [4.69, 9.17) is 16.3 Å². The number of ether oxygens (including phenoxy) is 2. The second kappa shape index (κ2) is 7.93. The third kappa shape index (κ3) is 4.28. The first-order valence-electron chi connectivity index (χ1n) is 8.02. The lowest BCUT2D eigenvalue weighted by atomic mass is 10.1. The minimum atomic E-state index is -4.62. The van der Waals surface area contributed by atoms with Gasteiger partial charge in [-0.15, -0.1) is 0 Å². The number of nitrogens with zero attached hydrogens (tertiary/aromatic N) is 2. The van der Waals surface area contributed by atoms with Crippen LogP contribution in [-0.4, -0.2) is 29.5 Å². The zero-order valence-corrected chi connectivity index (χ0v) is 15.3. The van der Waals surface area contributed by atoms with E-state index in [-0.39, 0.29) is 17.3 Å². The van der Waals surface area contributed by atoms with Gasteiger partial charge in [-0.3, -0.25) is 0 Å². The molecule has 3 rings (SSSR count). The van der Waals surface area contributed by atoms with Gasteiger partial charge in [0.1, 0.15) is 5.75 Å². The Kier molecular flexibility index (Phi) is 5.60. The largest absolute Gasteiger partial charge is 0.482 e. The van der Waals surface area contributed by atoms with Crippen molar-refractivity contribution in [1.29, 1.82) is 0 Å². The number of esters is 1. The predicted molar refractivity (Wildman–Crippen MR) is 96.5 cm³/mol. The molecule has 1 heterocycles. The maximum atomic E-state index is 13.3. The minimum absolute atomic E-state index is 0.170. The standard InChI is InChI=1S/C19H14ClF3N2O3/c1-27-18(26)11-28-13-6-4-5-12(9-13)16-10-17(19(21,22)23)24-25(16)15-8-3-2-7-14(15)20/h2-10H,11H2,1H3. The molecule has 9 heteroatoms. The zero-order chi connectivity index (χ0) is 20.3. The van der Waals surface area contributed by atoms with Crippen LogP contribution in [-0.2, 0) is 15.7 Å². The Hall–Kier alpha value is -3.00. The average Bonchev–Trinajstić information content (AvgIpc) is 3.12. The highest BCUT2D eigenvalue weighted by molar-refractivity contribution is 6.32. The molecular weight excluding hydrogens is 397 g/mol. The van der Waals surface area contributed by atoms with Gasteiger partial charge in [0.25, 0.3) is 0 Å². The summed E-state index contributed by atoms with van der Waals surface area (Å²) in [6, 6.07) is 13.7. The normalized spacial score (nSPS) is 11.3. The van der Waals surface area contributed by atoms with Crippen LogP contribution in [0.4, 0.5) is 13.2 Å². The molecule has 0 spiro atoms. The molecule has 0 amide bonds. The first kappa shape index (κ1) is 19.8. The van der Waals surface area contributed by atoms with Crippen LogP contribution in [0.3, 0.4) is 0 Å². The monoisotopic (exact) mass is 410 g/mol. The van der Waals surface area contributed by atoms with E-state index in [0.29, 0.717) is 17.0 Å². The fourth-order valence-electron chi connectivity index (χ4n) is 2.48. The first-order chi connectivity index (χ1) is 13.3. The van der Waals surface area contributed by atoms with Crippen molar-refractivity contribution in [3.63, 3.8) is 0 Å². The summed E-state index contributed by atoms with van der Waals surface area (Å²) >= 11 is 6.16. The molecule has 0 saturated heterocycles. The molecule has 0 saturated carbocycles. The van der Waals surface area contributed by atoms with Crippen LogP contribution in [0.5, 0.6) is 5.75 Å². The number of hydrogen-bond acceptors (Lipinski definition) is 4. The number of methoxy groups -OCH3 is 1. The molecule has 146 valence electrons. The van der Waals surface area contributed by atoms with Gasteiger partial charge in [-0.2, -0.15) is 18.3 Å². The van der Waals surface area contributed by atoms with Crippen LogP contribution >= 0.6 is 11.6 Å². The fraction of sp³-hybridized carbons (Fsp3) is 0.158. The van der Waals surface area contributed by atoms with E-state index in [9.17, 15) is 18.0 Å². The highest BCUT2D eigenvalue weighted by Crippen LogP contribution is 2.35. The number of carbonyl (C=O) groups is 1. The summed E-state index contributed by atoms with van der Waals surface area (Å²) in [5.41, 5.74) is -0.173. The van der Waals surface area contributed by atoms with Crippen LogP contribution in [0.1, 0.15) is 5.69 Å². The number of hydrogen-bond donors (Lipinski definition) is 0. The van der Waals surface area contributed by atoms with E-state index in [1.807, 2.05) is 0 Å². The van der Waals surface area contributed by atoms with Crippen LogP contribution in [0.2, 0.25) is 5.02 Å². The van der Waals surface area contributed by atoms with E-state index in [1.54, 1.807) is 42.5 Å². The second-order valence-corrected chi connectivity index (χ2v) is 6.08. The summed E-state index contributed by atoms with van der Waals surface area (Å²) in [5.74, 6) is -0.283. The van der Waals surface area contributed by atoms with Gasteiger partial charge in [0, 0.05) is 5.56 Å². The lowest BCUT2D eigenvalue weighted by Gasteiger charge is -2.11. The molecule has 0 radical (unpaired) electrons. The summed E-state index contributed by atoms with van der Waals surface area (Å²) in [7, 11) is 1.23.